The van der Waals surface area contributed by atoms with Crippen LogP contribution in [-0.4, -0.2) is 52.2 Å². The summed E-state index contributed by atoms with van der Waals surface area (Å²) in [5, 5.41) is 11.2. The Balaban J connectivity index is 2.01. The van der Waals surface area contributed by atoms with Gasteiger partial charge in [0.1, 0.15) is 0 Å². The van der Waals surface area contributed by atoms with Crippen LogP contribution in [0.2, 0.25) is 0 Å². The highest BCUT2D eigenvalue weighted by atomic mass is 16.6. The number of hydrogen-bond donors (Lipinski definition) is 1. The Morgan fingerprint density at radius 1 is 0.824 bits per heavy atom. The minimum Gasteiger partial charge on any atom is -0.493 e. The lowest BCUT2D eigenvalue weighted by Crippen LogP contribution is -2.48. The van der Waals surface area contributed by atoms with E-state index in [-0.39, 0.29) is 6.61 Å². The molecule has 3 aromatic carbocycles. The quantitative estimate of drug-likeness (QED) is 0.431. The highest BCUT2D eigenvalue weighted by Gasteiger charge is 2.47. The van der Waals surface area contributed by atoms with Gasteiger partial charge < -0.3 is 28.8 Å². The Morgan fingerprint density at radius 3 is 1.74 bits per heavy atom. The molecule has 1 unspecified atom stereocenters. The molecule has 0 saturated heterocycles. The van der Waals surface area contributed by atoms with Gasteiger partial charge in [0.05, 0.1) is 35.0 Å². The van der Waals surface area contributed by atoms with Crippen LogP contribution < -0.4 is 14.2 Å². The number of carbonyl (C=O) groups is 1. The fourth-order valence-corrected chi connectivity index (χ4v) is 3.99. The first-order valence-corrected chi connectivity index (χ1v) is 10.8. The maximum atomic E-state index is 12.6. The second-order valence-electron chi connectivity index (χ2n) is 7.53. The van der Waals surface area contributed by atoms with E-state index in [1.165, 1.54) is 7.11 Å². The van der Waals surface area contributed by atoms with Crippen LogP contribution >= 0.6 is 0 Å². The van der Waals surface area contributed by atoms with Crippen molar-refractivity contribution in [1.29, 1.82) is 0 Å². The summed E-state index contributed by atoms with van der Waals surface area (Å²) < 4.78 is 27.6. The van der Waals surface area contributed by atoms with Crippen LogP contribution in [0.15, 0.2) is 72.8 Å². The third-order valence-electron chi connectivity index (χ3n) is 5.66. The number of hydrogen-bond acceptors (Lipinski definition) is 7. The first kappa shape index (κ1) is 25.1. The van der Waals surface area contributed by atoms with Gasteiger partial charge in [-0.2, -0.15) is 0 Å². The number of ether oxygens (including phenoxy) is 5. The maximum absolute atomic E-state index is 12.6. The van der Waals surface area contributed by atoms with Gasteiger partial charge >= 0.3 is 5.97 Å². The van der Waals surface area contributed by atoms with Crippen LogP contribution in [-0.2, 0) is 26.3 Å². The Labute approximate surface area is 199 Å². The Kier molecular flexibility index (Phi) is 8.51. The Bertz CT molecular complexity index is 1000. The standard InChI is InChI=1S/C27H30O7/c1-30-22-17-19(18-23(31-2)24(22)32-3)15-16-34-27(25(28)26(29)33-4,20-11-7-5-8-12-20)21-13-9-6-10-14-21/h5-14,17-18,25,28H,15-16H2,1-4H3. The molecule has 1 N–H and O–H groups in total. The third-order valence-corrected chi connectivity index (χ3v) is 5.66. The van der Waals surface area contributed by atoms with Gasteiger partial charge in [-0.15, -0.1) is 0 Å². The van der Waals surface area contributed by atoms with Crippen LogP contribution in [0.1, 0.15) is 16.7 Å². The van der Waals surface area contributed by atoms with Gasteiger partial charge in [0, 0.05) is 0 Å². The van der Waals surface area contributed by atoms with Crippen molar-refractivity contribution in [3.8, 4) is 17.2 Å². The molecule has 0 amide bonds. The molecule has 0 aromatic heterocycles. The van der Waals surface area contributed by atoms with Gasteiger partial charge in [0.25, 0.3) is 0 Å². The smallest absolute Gasteiger partial charge is 0.338 e. The van der Waals surface area contributed by atoms with Gasteiger partial charge in [0.15, 0.2) is 23.2 Å². The van der Waals surface area contributed by atoms with Crippen molar-refractivity contribution >= 4 is 5.97 Å². The zero-order valence-electron chi connectivity index (χ0n) is 19.8. The molecule has 3 rings (SSSR count). The van der Waals surface area contributed by atoms with Crippen molar-refractivity contribution in [1.82, 2.24) is 0 Å². The van der Waals surface area contributed by atoms with E-state index in [2.05, 4.69) is 0 Å². The number of methoxy groups -OCH3 is 4. The van der Waals surface area contributed by atoms with Crippen molar-refractivity contribution in [3.05, 3.63) is 89.5 Å². The molecule has 1 atom stereocenters. The zero-order valence-corrected chi connectivity index (χ0v) is 19.8. The number of aliphatic hydroxyl groups is 1. The lowest BCUT2D eigenvalue weighted by molar-refractivity contribution is -0.170. The topological polar surface area (TPSA) is 83.5 Å². The number of esters is 1. The molecular weight excluding hydrogens is 436 g/mol. The molecule has 7 nitrogen and oxygen atoms in total. The van der Waals surface area contributed by atoms with Crippen LogP contribution in [0.3, 0.4) is 0 Å². The SMILES string of the molecule is COC(=O)C(O)C(OCCc1cc(OC)c(OC)c(OC)c1)(c1ccccc1)c1ccccc1. The van der Waals surface area contributed by atoms with Crippen LogP contribution in [0, 0.1) is 0 Å². The molecule has 0 radical (unpaired) electrons. The molecule has 3 aromatic rings. The molecule has 0 spiro atoms. The lowest BCUT2D eigenvalue weighted by atomic mass is 9.81. The van der Waals surface area contributed by atoms with E-state index in [1.54, 1.807) is 21.3 Å². The molecule has 0 bridgehead atoms. The van der Waals surface area contributed by atoms with Crippen molar-refractivity contribution in [3.63, 3.8) is 0 Å². The maximum Gasteiger partial charge on any atom is 0.338 e. The van der Waals surface area contributed by atoms with E-state index in [0.717, 1.165) is 5.56 Å². The molecule has 180 valence electrons. The van der Waals surface area contributed by atoms with E-state index in [9.17, 15) is 9.90 Å². The summed E-state index contributed by atoms with van der Waals surface area (Å²) in [6, 6.07) is 22.0. The number of rotatable bonds is 11. The fourth-order valence-electron chi connectivity index (χ4n) is 3.99. The second kappa shape index (κ2) is 11.5. The third kappa shape index (κ3) is 5.00. The average molecular weight is 467 g/mol. The van der Waals surface area contributed by atoms with Crippen LogP contribution in [0.25, 0.3) is 0 Å². The van der Waals surface area contributed by atoms with E-state index in [4.69, 9.17) is 23.7 Å². The van der Waals surface area contributed by atoms with Gasteiger partial charge in [-0.05, 0) is 35.2 Å². The summed E-state index contributed by atoms with van der Waals surface area (Å²) in [6.45, 7) is 0.177. The minimum absolute atomic E-state index is 0.177. The molecule has 0 heterocycles. The monoisotopic (exact) mass is 466 g/mol. The van der Waals surface area contributed by atoms with E-state index in [1.807, 2.05) is 72.8 Å². The molecule has 34 heavy (non-hydrogen) atoms. The first-order valence-electron chi connectivity index (χ1n) is 10.8. The molecule has 0 aliphatic heterocycles. The zero-order chi connectivity index (χ0) is 24.6. The van der Waals surface area contributed by atoms with Crippen molar-refractivity contribution in [2.75, 3.05) is 35.0 Å². The number of benzene rings is 3. The minimum atomic E-state index is -1.60. The molecule has 7 heteroatoms. The Hall–Kier alpha value is -3.55. The predicted molar refractivity (Wildman–Crippen MR) is 127 cm³/mol. The summed E-state index contributed by atoms with van der Waals surface area (Å²) in [6.07, 6.45) is -1.14. The highest BCUT2D eigenvalue weighted by Crippen LogP contribution is 2.40. The average Bonchev–Trinajstić information content (AvgIpc) is 2.90. The van der Waals surface area contributed by atoms with Gasteiger partial charge in [-0.1, -0.05) is 60.7 Å². The van der Waals surface area contributed by atoms with Crippen molar-refractivity contribution in [2.24, 2.45) is 0 Å². The molecule has 0 fully saturated rings. The summed E-state index contributed by atoms with van der Waals surface area (Å²) in [7, 11) is 5.90. The second-order valence-corrected chi connectivity index (χ2v) is 7.53. The lowest BCUT2D eigenvalue weighted by Gasteiger charge is -2.37. The highest BCUT2D eigenvalue weighted by molar-refractivity contribution is 5.77. The molecular formula is C27H30O7. The normalized spacial score (nSPS) is 12.0. The number of aliphatic hydroxyl groups excluding tert-OH is 1. The predicted octanol–water partition coefficient (Wildman–Crippen LogP) is 3.75. The first-order chi connectivity index (χ1) is 16.5. The van der Waals surface area contributed by atoms with Crippen molar-refractivity contribution < 1.29 is 33.6 Å². The van der Waals surface area contributed by atoms with Gasteiger partial charge in [0.2, 0.25) is 5.75 Å². The fraction of sp³-hybridized carbons (Fsp3) is 0.296. The van der Waals surface area contributed by atoms with Gasteiger partial charge in [-0.3, -0.25) is 0 Å². The Morgan fingerprint density at radius 2 is 1.32 bits per heavy atom. The van der Waals surface area contributed by atoms with Gasteiger partial charge in [-0.25, -0.2) is 4.79 Å². The van der Waals surface area contributed by atoms with E-state index in [0.29, 0.717) is 34.8 Å². The van der Waals surface area contributed by atoms with Crippen LogP contribution in [0.4, 0.5) is 0 Å². The van der Waals surface area contributed by atoms with Crippen molar-refractivity contribution in [2.45, 2.75) is 18.1 Å². The molecule has 0 aliphatic rings. The van der Waals surface area contributed by atoms with E-state index >= 15 is 0 Å². The summed E-state index contributed by atoms with van der Waals surface area (Å²) in [4.78, 5) is 12.6. The molecule has 0 saturated carbocycles. The summed E-state index contributed by atoms with van der Waals surface area (Å²) in [5.74, 6) is 0.770. The van der Waals surface area contributed by atoms with E-state index < -0.39 is 17.7 Å². The summed E-state index contributed by atoms with van der Waals surface area (Å²) in [5.41, 5.74) is 0.654. The largest absolute Gasteiger partial charge is 0.493 e. The molecule has 0 aliphatic carbocycles. The van der Waals surface area contributed by atoms with Crippen LogP contribution in [0.5, 0.6) is 17.2 Å². The summed E-state index contributed by atoms with van der Waals surface area (Å²) >= 11 is 0. The number of carbonyl (C=O) groups excluding carboxylic acids is 1.